The Morgan fingerprint density at radius 1 is 0.546 bits per heavy atom. The van der Waals surface area contributed by atoms with Crippen LogP contribution in [0.4, 0.5) is 31.8 Å². The van der Waals surface area contributed by atoms with E-state index in [4.69, 9.17) is 14.2 Å². The molecule has 0 aliphatic rings. The molecule has 0 radical (unpaired) electrons. The van der Waals surface area contributed by atoms with E-state index < -0.39 is 57.6 Å². The molecule has 0 aliphatic heterocycles. The normalized spacial score (nSPS) is 12.1. The molecule has 3 N–H and O–H groups in total. The lowest BCUT2D eigenvalue weighted by molar-refractivity contribution is -0.142. The Kier molecular flexibility index (Phi) is 20.6. The third-order valence-corrected chi connectivity index (χ3v) is 15.6. The number of aliphatic hydroxyl groups is 1. The van der Waals surface area contributed by atoms with Gasteiger partial charge in [-0.05, 0) is 151 Å². The second-order valence-electron chi connectivity index (χ2n) is 27.6. The van der Waals surface area contributed by atoms with Gasteiger partial charge in [0.1, 0.15) is 64.0 Å². The first-order valence-corrected chi connectivity index (χ1v) is 31.3. The van der Waals surface area contributed by atoms with Gasteiger partial charge < -0.3 is 39.8 Å². The number of pyridine rings is 2. The minimum atomic E-state index is -0.680. The van der Waals surface area contributed by atoms with E-state index in [1.165, 1.54) is 54.9 Å². The van der Waals surface area contributed by atoms with Crippen molar-refractivity contribution in [2.45, 2.75) is 111 Å². The lowest BCUT2D eigenvalue weighted by Crippen LogP contribution is -2.39. The molecule has 0 aliphatic carbocycles. The highest BCUT2D eigenvalue weighted by atomic mass is 19.1. The number of hydrogen-bond acceptors (Lipinski definition) is 19. The Morgan fingerprint density at radius 3 is 1.31 bits per heavy atom. The summed E-state index contributed by atoms with van der Waals surface area (Å²) in [7, 11) is 10.9. The third-order valence-electron chi connectivity index (χ3n) is 15.6. The zero-order chi connectivity index (χ0) is 70.8. The maximum absolute atomic E-state index is 15.5. The SMILES string of the molecule is CC(=O)OCc1c(-c2cc(Nc3ccc(OC(C)(C)CN(C)C)cn3)c(=O)n(C)n2)cccc1-n1ncc2cc(C(C)(C)C)cc(F)c2c1=O.CN(C)CC(C)(C)Oc1ccc(Nc2cc(-c3cccc(-n4ncc5cc(C(C)(C)C)cc(F)c5c4=O)c3CO)nn(C)c2=O)nc1. The van der Waals surface area contributed by atoms with Crippen molar-refractivity contribution in [2.24, 2.45) is 14.1 Å². The van der Waals surface area contributed by atoms with E-state index in [-0.39, 0.29) is 51.0 Å². The second kappa shape index (κ2) is 28.1. The van der Waals surface area contributed by atoms with Gasteiger partial charge in [0.15, 0.2) is 0 Å². The summed E-state index contributed by atoms with van der Waals surface area (Å²) in [4.78, 5) is 78.6. The van der Waals surface area contributed by atoms with Crippen molar-refractivity contribution in [2.75, 3.05) is 51.9 Å². The van der Waals surface area contributed by atoms with Gasteiger partial charge in [0, 0.05) is 67.1 Å². The molecule has 10 rings (SSSR count). The predicted octanol–water partition coefficient (Wildman–Crippen LogP) is 10.4. The number of fused-ring (bicyclic) bond motifs is 2. The Hall–Kier alpha value is -10.4. The van der Waals surface area contributed by atoms with Crippen LogP contribution in [0, 0.1) is 11.6 Å². The number of nitrogens with one attached hydrogen (secondary N) is 2. The van der Waals surface area contributed by atoms with Gasteiger partial charge in [-0.25, -0.2) is 28.1 Å². The molecule has 4 aromatic carbocycles. The summed E-state index contributed by atoms with van der Waals surface area (Å²) in [5.74, 6) is 0.117. The standard InChI is InChI=1S/C37H42FN7O5.C35H40FN7O4/c1-22(46)49-20-27-26(11-10-12-31(27)45-35(48)33-23(18-40-45)15-24(16-28(33)38)36(2,3)4)29-17-30(34(47)44(9)42-29)41-32-14-13-25(19-39-32)50-37(5,6)21-43(7)8;1-34(2,3)22-14-21-17-38-43(33(46)31(21)26(36)15-22)29-11-9-10-24(25(29)19-44)27-16-28(32(45)42(8)40-27)39-30-13-12-23(18-37-30)47-35(4,5)20-41(6)7/h10-19H,20-21H2,1-9H3,(H,39,41);9-18,44H,19-20H2,1-8H3,(H,37,39). The smallest absolute Gasteiger partial charge is 0.302 e. The topological polar surface area (TPSA) is 261 Å². The first kappa shape index (κ1) is 70.9. The molecule has 0 fully saturated rings. The quantitative estimate of drug-likeness (QED) is 0.0636. The summed E-state index contributed by atoms with van der Waals surface area (Å²) in [6.45, 7) is 21.7. The highest BCUT2D eigenvalue weighted by Gasteiger charge is 2.27. The molecule has 23 nitrogen and oxygen atoms in total. The van der Waals surface area contributed by atoms with Crippen LogP contribution in [0.15, 0.2) is 141 Å². The molecule has 508 valence electrons. The highest BCUT2D eigenvalue weighted by Crippen LogP contribution is 2.34. The molecule has 0 bridgehead atoms. The number of benzene rings is 4. The van der Waals surface area contributed by atoms with Crippen LogP contribution in [0.2, 0.25) is 0 Å². The number of halogens is 2. The van der Waals surface area contributed by atoms with E-state index in [9.17, 15) is 29.1 Å². The first-order valence-electron chi connectivity index (χ1n) is 31.3. The number of nitrogens with zero attached hydrogens (tertiary/aromatic N) is 12. The van der Waals surface area contributed by atoms with E-state index >= 15 is 8.78 Å². The van der Waals surface area contributed by atoms with Gasteiger partial charge in [0.25, 0.3) is 22.2 Å². The van der Waals surface area contributed by atoms with Crippen LogP contribution in [-0.4, -0.2) is 122 Å². The minimum Gasteiger partial charge on any atom is -0.485 e. The maximum atomic E-state index is 15.5. The third kappa shape index (κ3) is 16.5. The lowest BCUT2D eigenvalue weighted by Gasteiger charge is -2.29. The van der Waals surface area contributed by atoms with Gasteiger partial charge in [-0.1, -0.05) is 65.8 Å². The molecule has 0 amide bonds. The average Bonchev–Trinajstić information content (AvgIpc) is 0.764. The van der Waals surface area contributed by atoms with Crippen LogP contribution in [0.3, 0.4) is 0 Å². The zero-order valence-electron chi connectivity index (χ0n) is 57.7. The van der Waals surface area contributed by atoms with Crippen molar-refractivity contribution < 1.29 is 32.9 Å². The largest absolute Gasteiger partial charge is 0.485 e. The number of rotatable bonds is 19. The molecule has 0 unspecified atom stereocenters. The van der Waals surface area contributed by atoms with E-state index in [0.29, 0.717) is 80.6 Å². The fraction of sp³-hybridized carbons (Fsp3) is 0.347. The number of esters is 1. The highest BCUT2D eigenvalue weighted by molar-refractivity contribution is 5.84. The van der Waals surface area contributed by atoms with E-state index in [1.807, 2.05) is 107 Å². The summed E-state index contributed by atoms with van der Waals surface area (Å²) in [6, 6.07) is 26.4. The number of anilines is 4. The molecule has 6 aromatic heterocycles. The van der Waals surface area contributed by atoms with Crippen molar-refractivity contribution >= 4 is 50.5 Å². The molecular formula is C72H82F2N14O9. The van der Waals surface area contributed by atoms with Gasteiger partial charge >= 0.3 is 5.97 Å². The Bertz CT molecular complexity index is 4860. The molecule has 0 spiro atoms. The molecule has 25 heteroatoms. The first-order chi connectivity index (χ1) is 45.5. The van der Waals surface area contributed by atoms with E-state index in [1.54, 1.807) is 97.3 Å². The number of hydrogen-bond donors (Lipinski definition) is 3. The summed E-state index contributed by atoms with van der Waals surface area (Å²) in [5.41, 5.74) is 0.938. The maximum Gasteiger partial charge on any atom is 0.302 e. The van der Waals surface area contributed by atoms with Gasteiger partial charge in [-0.2, -0.15) is 29.8 Å². The number of aromatic nitrogens is 10. The number of likely N-dealkylation sites (N-methyl/N-ethyl adjacent to an activating group) is 2. The number of carbonyl (C=O) groups excluding carboxylic acids is 1. The van der Waals surface area contributed by atoms with Gasteiger partial charge in [0.2, 0.25) is 0 Å². The molecular weight excluding hydrogens is 1240 g/mol. The molecule has 0 atom stereocenters. The Balaban J connectivity index is 0.000000228. The van der Waals surface area contributed by atoms with Crippen molar-refractivity contribution in [3.63, 3.8) is 0 Å². The van der Waals surface area contributed by atoms with E-state index in [0.717, 1.165) is 20.5 Å². The van der Waals surface area contributed by atoms with Crippen LogP contribution < -0.4 is 42.3 Å². The summed E-state index contributed by atoms with van der Waals surface area (Å²) in [6.07, 6.45) is 6.05. The molecule has 0 saturated carbocycles. The number of aliphatic hydroxyl groups excluding tert-OH is 1. The van der Waals surface area contributed by atoms with Crippen LogP contribution in [-0.2, 0) is 47.7 Å². The van der Waals surface area contributed by atoms with Crippen molar-refractivity contribution in [1.82, 2.24) is 58.9 Å². The summed E-state index contributed by atoms with van der Waals surface area (Å²) in [5, 5.41) is 34.9. The summed E-state index contributed by atoms with van der Waals surface area (Å²) < 4.78 is 53.0. The Labute approximate surface area is 559 Å². The van der Waals surface area contributed by atoms with Gasteiger partial charge in [-0.15, -0.1) is 0 Å². The van der Waals surface area contributed by atoms with Crippen LogP contribution in [0.5, 0.6) is 11.5 Å². The number of aryl methyl sites for hydroxylation is 2. The number of carbonyl (C=O) groups is 1. The van der Waals surface area contributed by atoms with Crippen molar-refractivity contribution in [3.8, 4) is 45.4 Å². The monoisotopic (exact) mass is 1320 g/mol. The summed E-state index contributed by atoms with van der Waals surface area (Å²) >= 11 is 0. The Morgan fingerprint density at radius 2 is 0.948 bits per heavy atom. The molecule has 10 aromatic rings. The second-order valence-corrected chi connectivity index (χ2v) is 27.6. The van der Waals surface area contributed by atoms with Gasteiger partial charge in [-0.3, -0.25) is 24.0 Å². The lowest BCUT2D eigenvalue weighted by atomic mass is 9.86. The molecule has 0 saturated heterocycles. The van der Waals surface area contributed by atoms with Crippen LogP contribution in [0.1, 0.15) is 98.4 Å². The average molecular weight is 1330 g/mol. The predicted molar refractivity (Wildman–Crippen MR) is 372 cm³/mol. The fourth-order valence-electron chi connectivity index (χ4n) is 11.4. The van der Waals surface area contributed by atoms with Crippen molar-refractivity contribution in [1.29, 1.82) is 0 Å². The zero-order valence-corrected chi connectivity index (χ0v) is 57.7. The van der Waals surface area contributed by atoms with Crippen LogP contribution >= 0.6 is 0 Å². The van der Waals surface area contributed by atoms with Crippen molar-refractivity contribution in [3.05, 3.63) is 197 Å². The number of ether oxygens (including phenoxy) is 3. The fourth-order valence-corrected chi connectivity index (χ4v) is 11.4. The van der Waals surface area contributed by atoms with E-state index in [2.05, 4.69) is 41.0 Å². The minimum absolute atomic E-state index is 0.0980. The van der Waals surface area contributed by atoms with Gasteiger partial charge in [0.05, 0.1) is 64.9 Å². The van der Waals surface area contributed by atoms with Crippen LogP contribution in [0.25, 0.3) is 55.4 Å². The molecule has 97 heavy (non-hydrogen) atoms. The molecule has 6 heterocycles.